The lowest BCUT2D eigenvalue weighted by molar-refractivity contribution is 0.678. The fourth-order valence-corrected chi connectivity index (χ4v) is 2.23. The lowest BCUT2D eigenvalue weighted by atomic mass is 10.2. The van der Waals surface area contributed by atoms with Crippen LogP contribution in [0.15, 0.2) is 27.9 Å². The first-order chi connectivity index (χ1) is 9.52. The number of halogens is 1. The fraction of sp³-hybridized carbons (Fsp3) is 0.357. The van der Waals surface area contributed by atoms with Gasteiger partial charge in [-0.25, -0.2) is 4.79 Å². The van der Waals surface area contributed by atoms with Crippen molar-refractivity contribution in [2.24, 2.45) is 0 Å². The van der Waals surface area contributed by atoms with Crippen molar-refractivity contribution in [3.05, 3.63) is 61.1 Å². The Labute approximate surface area is 121 Å². The highest BCUT2D eigenvalue weighted by atomic mass is 35.5. The molecule has 0 aromatic carbocycles. The van der Waals surface area contributed by atoms with E-state index in [0.29, 0.717) is 12.0 Å². The van der Waals surface area contributed by atoms with E-state index in [2.05, 4.69) is 9.97 Å². The van der Waals surface area contributed by atoms with Crippen molar-refractivity contribution in [2.45, 2.75) is 33.2 Å². The van der Waals surface area contributed by atoms with Crippen molar-refractivity contribution in [1.82, 2.24) is 14.5 Å². The van der Waals surface area contributed by atoms with Gasteiger partial charge in [-0.2, -0.15) is 0 Å². The van der Waals surface area contributed by atoms with Crippen LogP contribution < -0.4 is 11.2 Å². The fourth-order valence-electron chi connectivity index (χ4n) is 1.97. The first kappa shape index (κ1) is 14.5. The lowest BCUT2D eigenvalue weighted by Gasteiger charge is -2.08. The standard InChI is InChI=1S/C14H16ClN3O2/c1-3-4-11-12(15)17-14(20)18(13(11)19)8-10-6-5-9(2)16-7-10/h5-7H,3-4,8H2,1-2H3,(H,17,20). The highest BCUT2D eigenvalue weighted by Crippen LogP contribution is 2.08. The van der Waals surface area contributed by atoms with Crippen molar-refractivity contribution in [3.8, 4) is 0 Å². The molecule has 0 spiro atoms. The van der Waals surface area contributed by atoms with Gasteiger partial charge < -0.3 is 0 Å². The second-order valence-electron chi connectivity index (χ2n) is 4.67. The smallest absolute Gasteiger partial charge is 0.297 e. The summed E-state index contributed by atoms with van der Waals surface area (Å²) >= 11 is 5.93. The third kappa shape index (κ3) is 2.99. The van der Waals surface area contributed by atoms with Crippen LogP contribution in [0.2, 0.25) is 5.15 Å². The van der Waals surface area contributed by atoms with Gasteiger partial charge in [-0.05, 0) is 25.0 Å². The third-order valence-electron chi connectivity index (χ3n) is 3.04. The first-order valence-electron chi connectivity index (χ1n) is 6.46. The molecule has 0 saturated carbocycles. The van der Waals surface area contributed by atoms with E-state index in [0.717, 1.165) is 22.2 Å². The Bertz CT molecular complexity index is 717. The predicted octanol–water partition coefficient (Wildman–Crippen LogP) is 1.89. The molecular formula is C14H16ClN3O2. The molecule has 6 heteroatoms. The van der Waals surface area contributed by atoms with Crippen LogP contribution in [0, 0.1) is 6.92 Å². The number of H-pyrrole nitrogens is 1. The van der Waals surface area contributed by atoms with E-state index in [4.69, 9.17) is 11.6 Å². The minimum atomic E-state index is -0.500. The Morgan fingerprint density at radius 2 is 2.10 bits per heavy atom. The molecule has 106 valence electrons. The summed E-state index contributed by atoms with van der Waals surface area (Å²) in [5.41, 5.74) is 1.31. The molecule has 0 saturated heterocycles. The largest absolute Gasteiger partial charge is 0.329 e. The molecule has 0 aliphatic carbocycles. The summed E-state index contributed by atoms with van der Waals surface area (Å²) < 4.78 is 1.16. The molecule has 2 aromatic heterocycles. The van der Waals surface area contributed by atoms with Crippen molar-refractivity contribution in [1.29, 1.82) is 0 Å². The highest BCUT2D eigenvalue weighted by molar-refractivity contribution is 6.30. The number of aryl methyl sites for hydroxylation is 1. The Balaban J connectivity index is 2.46. The van der Waals surface area contributed by atoms with E-state index in [-0.39, 0.29) is 17.3 Å². The summed E-state index contributed by atoms with van der Waals surface area (Å²) in [6, 6.07) is 3.69. The maximum absolute atomic E-state index is 12.3. The molecule has 0 unspecified atom stereocenters. The molecule has 0 amide bonds. The van der Waals surface area contributed by atoms with Gasteiger partial charge in [0.1, 0.15) is 5.15 Å². The molecule has 2 heterocycles. The maximum Gasteiger partial charge on any atom is 0.329 e. The van der Waals surface area contributed by atoms with Crippen LogP contribution in [-0.4, -0.2) is 14.5 Å². The van der Waals surface area contributed by atoms with Crippen LogP contribution in [-0.2, 0) is 13.0 Å². The van der Waals surface area contributed by atoms with Gasteiger partial charge in [0, 0.05) is 11.9 Å². The normalized spacial score (nSPS) is 10.8. The second kappa shape index (κ2) is 6.05. The van der Waals surface area contributed by atoms with E-state index in [1.807, 2.05) is 26.0 Å². The van der Waals surface area contributed by atoms with Gasteiger partial charge in [-0.15, -0.1) is 0 Å². The lowest BCUT2D eigenvalue weighted by Crippen LogP contribution is -2.37. The average Bonchev–Trinajstić information content (AvgIpc) is 2.41. The molecule has 2 rings (SSSR count). The topological polar surface area (TPSA) is 67.8 Å². The molecule has 0 atom stereocenters. The molecule has 0 radical (unpaired) electrons. The number of rotatable bonds is 4. The second-order valence-corrected chi connectivity index (χ2v) is 5.05. The Morgan fingerprint density at radius 1 is 1.35 bits per heavy atom. The summed E-state index contributed by atoms with van der Waals surface area (Å²) in [6.07, 6.45) is 2.99. The Kier molecular flexibility index (Phi) is 4.39. The first-order valence-corrected chi connectivity index (χ1v) is 6.83. The SMILES string of the molecule is CCCc1c(Cl)[nH]c(=O)n(Cc2ccc(C)nc2)c1=O. The highest BCUT2D eigenvalue weighted by Gasteiger charge is 2.12. The molecule has 5 nitrogen and oxygen atoms in total. The van der Waals surface area contributed by atoms with Crippen molar-refractivity contribution >= 4 is 11.6 Å². The van der Waals surface area contributed by atoms with Crippen molar-refractivity contribution < 1.29 is 0 Å². The molecular weight excluding hydrogens is 278 g/mol. The number of aromatic amines is 1. The summed E-state index contributed by atoms with van der Waals surface area (Å²) in [4.78, 5) is 30.9. The minimum absolute atomic E-state index is 0.139. The number of pyridine rings is 1. The van der Waals surface area contributed by atoms with Gasteiger partial charge >= 0.3 is 5.69 Å². The summed E-state index contributed by atoms with van der Waals surface area (Å²) in [5.74, 6) is 0. The molecule has 1 N–H and O–H groups in total. The van der Waals surface area contributed by atoms with Crippen LogP contribution in [0.25, 0.3) is 0 Å². The molecule has 0 bridgehead atoms. The van der Waals surface area contributed by atoms with Gasteiger partial charge in [0.2, 0.25) is 0 Å². The number of aromatic nitrogens is 3. The predicted molar refractivity (Wildman–Crippen MR) is 78.4 cm³/mol. The van der Waals surface area contributed by atoms with Crippen LogP contribution in [0.5, 0.6) is 0 Å². The van der Waals surface area contributed by atoms with Gasteiger partial charge in [-0.1, -0.05) is 31.0 Å². The minimum Gasteiger partial charge on any atom is -0.297 e. The van der Waals surface area contributed by atoms with Crippen LogP contribution in [0.3, 0.4) is 0 Å². The van der Waals surface area contributed by atoms with Crippen molar-refractivity contribution in [2.75, 3.05) is 0 Å². The molecule has 2 aromatic rings. The monoisotopic (exact) mass is 293 g/mol. The Hall–Kier alpha value is -1.88. The average molecular weight is 294 g/mol. The molecule has 20 heavy (non-hydrogen) atoms. The van der Waals surface area contributed by atoms with Gasteiger partial charge in [-0.3, -0.25) is 19.3 Å². The van der Waals surface area contributed by atoms with Gasteiger partial charge in [0.25, 0.3) is 5.56 Å². The van der Waals surface area contributed by atoms with E-state index < -0.39 is 5.69 Å². The molecule has 0 aliphatic rings. The zero-order valence-corrected chi connectivity index (χ0v) is 12.2. The zero-order chi connectivity index (χ0) is 14.7. The quantitative estimate of drug-likeness (QED) is 0.875. The van der Waals surface area contributed by atoms with Crippen LogP contribution in [0.1, 0.15) is 30.2 Å². The molecule has 0 fully saturated rings. The number of hydrogen-bond donors (Lipinski definition) is 1. The molecule has 0 aliphatic heterocycles. The van der Waals surface area contributed by atoms with Crippen LogP contribution in [0.4, 0.5) is 0 Å². The number of nitrogens with zero attached hydrogens (tertiary/aromatic N) is 2. The summed E-state index contributed by atoms with van der Waals surface area (Å²) in [5, 5.41) is 0.139. The van der Waals surface area contributed by atoms with Gasteiger partial charge in [0.05, 0.1) is 12.1 Å². The maximum atomic E-state index is 12.3. The van der Waals surface area contributed by atoms with Crippen molar-refractivity contribution in [3.63, 3.8) is 0 Å². The van der Waals surface area contributed by atoms with E-state index >= 15 is 0 Å². The Morgan fingerprint density at radius 3 is 2.70 bits per heavy atom. The van der Waals surface area contributed by atoms with E-state index in [9.17, 15) is 9.59 Å². The van der Waals surface area contributed by atoms with E-state index in [1.165, 1.54) is 0 Å². The summed E-state index contributed by atoms with van der Waals surface area (Å²) in [6.45, 7) is 4.02. The number of hydrogen-bond acceptors (Lipinski definition) is 3. The van der Waals surface area contributed by atoms with Gasteiger partial charge in [0.15, 0.2) is 0 Å². The summed E-state index contributed by atoms with van der Waals surface area (Å²) in [7, 11) is 0. The third-order valence-corrected chi connectivity index (χ3v) is 3.37. The number of nitrogens with one attached hydrogen (secondary N) is 1. The van der Waals surface area contributed by atoms with E-state index in [1.54, 1.807) is 6.20 Å². The zero-order valence-electron chi connectivity index (χ0n) is 11.4. The van der Waals surface area contributed by atoms with Crippen LogP contribution >= 0.6 is 11.6 Å².